The van der Waals surface area contributed by atoms with Gasteiger partial charge in [0.05, 0.1) is 19.3 Å². The zero-order valence-corrected chi connectivity index (χ0v) is 16.4. The van der Waals surface area contributed by atoms with Gasteiger partial charge in [-0.25, -0.2) is 13.3 Å². The number of pyridine rings is 1. The number of rotatable bonds is 5. The van der Waals surface area contributed by atoms with Crippen molar-refractivity contribution in [3.8, 4) is 5.75 Å². The molecule has 4 aromatic rings. The highest BCUT2D eigenvalue weighted by Gasteiger charge is 2.19. The summed E-state index contributed by atoms with van der Waals surface area (Å²) in [6.07, 6.45) is 1.76. The van der Waals surface area contributed by atoms with E-state index >= 15 is 0 Å². The lowest BCUT2D eigenvalue weighted by molar-refractivity contribution is 0.414. The van der Waals surface area contributed by atoms with Gasteiger partial charge in [0, 0.05) is 16.7 Å². The fourth-order valence-electron chi connectivity index (χ4n) is 2.84. The van der Waals surface area contributed by atoms with Crippen molar-refractivity contribution >= 4 is 33.2 Å². The molecule has 0 fully saturated rings. The predicted octanol–water partition coefficient (Wildman–Crippen LogP) is 5.12. The standard InChI is InChI=1S/C20H15BrF2N4O/c1-28-16-6-2-13(3-7-16)11-26(18-8-5-15(22)10-17(18)23)20-24-19-9-4-14(21)12-27(19)25-20/h2-10,12H,11H2,1H3. The number of anilines is 2. The van der Waals surface area contributed by atoms with Gasteiger partial charge in [0.15, 0.2) is 5.65 Å². The fraction of sp³-hybridized carbons (Fsp3) is 0.100. The van der Waals surface area contributed by atoms with Crippen LogP contribution < -0.4 is 9.64 Å². The Morgan fingerprint density at radius 3 is 2.57 bits per heavy atom. The maximum absolute atomic E-state index is 14.6. The lowest BCUT2D eigenvalue weighted by Crippen LogP contribution is -2.19. The van der Waals surface area contributed by atoms with Crippen molar-refractivity contribution in [1.82, 2.24) is 14.6 Å². The number of benzene rings is 2. The van der Waals surface area contributed by atoms with Crippen LogP contribution >= 0.6 is 15.9 Å². The van der Waals surface area contributed by atoms with E-state index in [4.69, 9.17) is 4.74 Å². The third-order valence-corrected chi connectivity index (χ3v) is 4.69. The van der Waals surface area contributed by atoms with E-state index in [0.717, 1.165) is 21.9 Å². The Kier molecular flexibility index (Phi) is 4.95. The molecule has 2 aromatic carbocycles. The quantitative estimate of drug-likeness (QED) is 0.428. The van der Waals surface area contributed by atoms with Gasteiger partial charge < -0.3 is 9.64 Å². The molecule has 0 bridgehead atoms. The van der Waals surface area contributed by atoms with Crippen LogP contribution in [0.3, 0.4) is 0 Å². The van der Waals surface area contributed by atoms with Crippen molar-refractivity contribution in [3.63, 3.8) is 0 Å². The summed E-state index contributed by atoms with van der Waals surface area (Å²) < 4.78 is 35.6. The number of fused-ring (bicyclic) bond motifs is 1. The van der Waals surface area contributed by atoms with Crippen LogP contribution in [0.2, 0.25) is 0 Å². The molecule has 2 aromatic heterocycles. The minimum absolute atomic E-state index is 0.187. The van der Waals surface area contributed by atoms with Crippen LogP contribution in [0.4, 0.5) is 20.4 Å². The smallest absolute Gasteiger partial charge is 0.250 e. The number of aromatic nitrogens is 3. The molecule has 0 atom stereocenters. The van der Waals surface area contributed by atoms with E-state index in [1.807, 2.05) is 30.3 Å². The largest absolute Gasteiger partial charge is 0.497 e. The molecule has 2 heterocycles. The van der Waals surface area contributed by atoms with E-state index in [1.165, 1.54) is 12.1 Å². The number of halogens is 3. The Hall–Kier alpha value is -3.00. The third kappa shape index (κ3) is 3.68. The molecule has 0 aliphatic carbocycles. The minimum Gasteiger partial charge on any atom is -0.497 e. The molecule has 0 N–H and O–H groups in total. The van der Waals surface area contributed by atoms with Gasteiger partial charge in [-0.15, -0.1) is 5.10 Å². The van der Waals surface area contributed by atoms with Crippen LogP contribution in [-0.4, -0.2) is 21.7 Å². The highest BCUT2D eigenvalue weighted by atomic mass is 79.9. The summed E-state index contributed by atoms with van der Waals surface area (Å²) in [6, 6.07) is 14.5. The molecule has 0 unspecified atom stereocenters. The van der Waals surface area contributed by atoms with E-state index in [0.29, 0.717) is 18.1 Å². The Morgan fingerprint density at radius 1 is 1.07 bits per heavy atom. The van der Waals surface area contributed by atoms with Gasteiger partial charge in [-0.1, -0.05) is 12.1 Å². The summed E-state index contributed by atoms with van der Waals surface area (Å²) in [5.74, 6) is -0.301. The number of nitrogens with zero attached hydrogens (tertiary/aromatic N) is 4. The summed E-state index contributed by atoms with van der Waals surface area (Å²) >= 11 is 3.39. The van der Waals surface area contributed by atoms with Crippen LogP contribution in [0.5, 0.6) is 5.75 Å². The van der Waals surface area contributed by atoms with Crippen LogP contribution in [0.15, 0.2) is 65.3 Å². The molecular weight excluding hydrogens is 430 g/mol. The van der Waals surface area contributed by atoms with Gasteiger partial charge in [-0.3, -0.25) is 0 Å². The topological polar surface area (TPSA) is 42.7 Å². The summed E-state index contributed by atoms with van der Waals surface area (Å²) in [5.41, 5.74) is 1.69. The van der Waals surface area contributed by atoms with Gasteiger partial charge >= 0.3 is 0 Å². The Balaban J connectivity index is 1.79. The zero-order valence-electron chi connectivity index (χ0n) is 14.8. The number of hydrogen-bond acceptors (Lipinski definition) is 4. The molecular formula is C20H15BrF2N4O. The molecule has 0 amide bonds. The third-order valence-electron chi connectivity index (χ3n) is 4.23. The molecule has 5 nitrogen and oxygen atoms in total. The second-order valence-corrected chi connectivity index (χ2v) is 7.01. The molecule has 8 heteroatoms. The monoisotopic (exact) mass is 444 g/mol. The van der Waals surface area contributed by atoms with Gasteiger partial charge in [-0.2, -0.15) is 4.98 Å². The van der Waals surface area contributed by atoms with Gasteiger partial charge in [-0.05, 0) is 57.9 Å². The van der Waals surface area contributed by atoms with Gasteiger partial charge in [0.25, 0.3) is 5.95 Å². The molecule has 4 rings (SSSR count). The summed E-state index contributed by atoms with van der Waals surface area (Å²) in [7, 11) is 1.59. The summed E-state index contributed by atoms with van der Waals surface area (Å²) in [5, 5.41) is 4.46. The summed E-state index contributed by atoms with van der Waals surface area (Å²) in [4.78, 5) is 6.10. The Morgan fingerprint density at radius 2 is 1.86 bits per heavy atom. The Bertz CT molecular complexity index is 1130. The SMILES string of the molecule is COc1ccc(CN(c2nc3ccc(Br)cn3n2)c2ccc(F)cc2F)cc1. The van der Waals surface area contributed by atoms with Crippen LogP contribution in [0.25, 0.3) is 5.65 Å². The van der Waals surface area contributed by atoms with Crippen molar-refractivity contribution in [2.24, 2.45) is 0 Å². The van der Waals surface area contributed by atoms with Crippen molar-refractivity contribution in [2.45, 2.75) is 6.54 Å². The highest BCUT2D eigenvalue weighted by Crippen LogP contribution is 2.29. The molecule has 142 valence electrons. The first-order valence-electron chi connectivity index (χ1n) is 8.41. The normalized spacial score (nSPS) is 11.0. The lowest BCUT2D eigenvalue weighted by atomic mass is 10.2. The average Bonchev–Trinajstić information content (AvgIpc) is 3.10. The number of methoxy groups -OCH3 is 1. The molecule has 0 aliphatic heterocycles. The predicted molar refractivity (Wildman–Crippen MR) is 106 cm³/mol. The maximum Gasteiger partial charge on any atom is 0.250 e. The van der Waals surface area contributed by atoms with E-state index in [-0.39, 0.29) is 5.69 Å². The lowest BCUT2D eigenvalue weighted by Gasteiger charge is -2.22. The highest BCUT2D eigenvalue weighted by molar-refractivity contribution is 9.10. The minimum atomic E-state index is -0.687. The van der Waals surface area contributed by atoms with Crippen LogP contribution in [0, 0.1) is 11.6 Å². The zero-order chi connectivity index (χ0) is 19.7. The molecule has 0 saturated heterocycles. The maximum atomic E-state index is 14.6. The van der Waals surface area contributed by atoms with Crippen molar-refractivity contribution in [1.29, 1.82) is 0 Å². The molecule has 0 aliphatic rings. The molecule has 0 radical (unpaired) electrons. The summed E-state index contributed by atoms with van der Waals surface area (Å²) in [6.45, 7) is 0.296. The first kappa shape index (κ1) is 18.4. The van der Waals surface area contributed by atoms with Gasteiger partial charge in [0.1, 0.15) is 17.4 Å². The van der Waals surface area contributed by atoms with Crippen LogP contribution in [0.1, 0.15) is 5.56 Å². The molecule has 0 spiro atoms. The van der Waals surface area contributed by atoms with Gasteiger partial charge in [0.2, 0.25) is 0 Å². The Labute approximate surface area is 168 Å². The second kappa shape index (κ2) is 7.55. The van der Waals surface area contributed by atoms with Crippen molar-refractivity contribution in [3.05, 3.63) is 82.5 Å². The van der Waals surface area contributed by atoms with E-state index in [1.54, 1.807) is 28.8 Å². The van der Waals surface area contributed by atoms with E-state index < -0.39 is 11.6 Å². The average molecular weight is 445 g/mol. The van der Waals surface area contributed by atoms with Crippen molar-refractivity contribution < 1.29 is 13.5 Å². The fourth-order valence-corrected chi connectivity index (χ4v) is 3.16. The first-order chi connectivity index (χ1) is 13.5. The second-order valence-electron chi connectivity index (χ2n) is 6.09. The van der Waals surface area contributed by atoms with Crippen LogP contribution in [-0.2, 0) is 6.54 Å². The first-order valence-corrected chi connectivity index (χ1v) is 9.20. The number of ether oxygens (including phenoxy) is 1. The van der Waals surface area contributed by atoms with E-state index in [9.17, 15) is 8.78 Å². The number of hydrogen-bond donors (Lipinski definition) is 0. The van der Waals surface area contributed by atoms with E-state index in [2.05, 4.69) is 26.0 Å². The molecule has 28 heavy (non-hydrogen) atoms. The molecule has 0 saturated carbocycles. The van der Waals surface area contributed by atoms with Crippen molar-refractivity contribution in [2.75, 3.05) is 12.0 Å².